The zero-order valence-corrected chi connectivity index (χ0v) is 15.5. The number of oxazole rings is 1. The van der Waals surface area contributed by atoms with E-state index in [0.29, 0.717) is 18.2 Å². The largest absolute Gasteiger partial charge is 0.489 e. The van der Waals surface area contributed by atoms with Gasteiger partial charge in [0.15, 0.2) is 5.58 Å². The lowest BCUT2D eigenvalue weighted by atomic mass is 10.1. The van der Waals surface area contributed by atoms with Crippen LogP contribution in [0.4, 0.5) is 5.69 Å². The maximum absolute atomic E-state index is 10.7. The number of aryl methyl sites for hydroxylation is 2. The van der Waals surface area contributed by atoms with Crippen LogP contribution < -0.4 is 4.74 Å². The van der Waals surface area contributed by atoms with Gasteiger partial charge >= 0.3 is 0 Å². The topological polar surface area (TPSA) is 78.4 Å². The van der Waals surface area contributed by atoms with E-state index in [1.54, 1.807) is 12.1 Å². The van der Waals surface area contributed by atoms with Gasteiger partial charge in [-0.05, 0) is 73.0 Å². The maximum Gasteiger partial charge on any atom is 0.269 e. The van der Waals surface area contributed by atoms with Crippen molar-refractivity contribution in [1.82, 2.24) is 4.98 Å². The van der Waals surface area contributed by atoms with Gasteiger partial charge in [0.1, 0.15) is 17.9 Å². The summed E-state index contributed by atoms with van der Waals surface area (Å²) < 4.78 is 11.7. The highest BCUT2D eigenvalue weighted by atomic mass is 16.6. The minimum atomic E-state index is -0.418. The summed E-state index contributed by atoms with van der Waals surface area (Å²) in [4.78, 5) is 14.9. The monoisotopic (exact) mass is 374 g/mol. The van der Waals surface area contributed by atoms with Gasteiger partial charge < -0.3 is 9.15 Å². The first-order valence-electron chi connectivity index (χ1n) is 8.84. The van der Waals surface area contributed by atoms with Crippen molar-refractivity contribution >= 4 is 16.8 Å². The van der Waals surface area contributed by atoms with E-state index in [0.717, 1.165) is 33.4 Å². The van der Waals surface area contributed by atoms with Gasteiger partial charge in [0.05, 0.1) is 4.92 Å². The summed E-state index contributed by atoms with van der Waals surface area (Å²) in [7, 11) is 0. The SMILES string of the molecule is Cc1cc(C)c2oc(-c3ccc(OCc4ccc([N+](=O)[O-])cc4)cc3)nc2c1. The molecule has 0 saturated carbocycles. The second kappa shape index (κ2) is 7.15. The van der Waals surface area contributed by atoms with Crippen molar-refractivity contribution < 1.29 is 14.1 Å². The average Bonchev–Trinajstić information content (AvgIpc) is 3.11. The summed E-state index contributed by atoms with van der Waals surface area (Å²) in [6, 6.07) is 17.9. The Labute approximate surface area is 161 Å². The molecule has 0 fully saturated rings. The number of aromatic nitrogens is 1. The molecule has 0 spiro atoms. The molecule has 4 aromatic rings. The fourth-order valence-electron chi connectivity index (χ4n) is 3.07. The first-order chi connectivity index (χ1) is 13.5. The molecule has 0 aliphatic rings. The molecule has 0 unspecified atom stereocenters. The van der Waals surface area contributed by atoms with Gasteiger partial charge in [0, 0.05) is 17.7 Å². The van der Waals surface area contributed by atoms with Crippen molar-refractivity contribution in [2.24, 2.45) is 0 Å². The van der Waals surface area contributed by atoms with Crippen molar-refractivity contribution in [1.29, 1.82) is 0 Å². The van der Waals surface area contributed by atoms with Crippen LogP contribution in [0.2, 0.25) is 0 Å². The Balaban J connectivity index is 1.48. The van der Waals surface area contributed by atoms with Crippen LogP contribution in [0.1, 0.15) is 16.7 Å². The number of nitrogens with zero attached hydrogens (tertiary/aromatic N) is 2. The highest BCUT2D eigenvalue weighted by molar-refractivity contribution is 5.80. The Morgan fingerprint density at radius 3 is 2.43 bits per heavy atom. The second-order valence-corrected chi connectivity index (χ2v) is 6.69. The van der Waals surface area contributed by atoms with Crippen molar-refractivity contribution in [3.8, 4) is 17.2 Å². The molecule has 0 amide bonds. The molecule has 3 aromatic carbocycles. The Morgan fingerprint density at radius 1 is 1.04 bits per heavy atom. The fourth-order valence-corrected chi connectivity index (χ4v) is 3.07. The molecular weight excluding hydrogens is 356 g/mol. The normalized spacial score (nSPS) is 10.9. The molecule has 0 bridgehead atoms. The maximum atomic E-state index is 10.7. The molecule has 6 heteroatoms. The second-order valence-electron chi connectivity index (χ2n) is 6.69. The van der Waals surface area contributed by atoms with E-state index < -0.39 is 4.92 Å². The van der Waals surface area contributed by atoms with E-state index in [9.17, 15) is 10.1 Å². The van der Waals surface area contributed by atoms with E-state index in [4.69, 9.17) is 9.15 Å². The van der Waals surface area contributed by atoms with E-state index >= 15 is 0 Å². The van der Waals surface area contributed by atoms with Gasteiger partial charge in [0.2, 0.25) is 5.89 Å². The van der Waals surface area contributed by atoms with Gasteiger partial charge in [-0.1, -0.05) is 6.07 Å². The third-order valence-corrected chi connectivity index (χ3v) is 4.47. The zero-order chi connectivity index (χ0) is 19.7. The number of hydrogen-bond acceptors (Lipinski definition) is 5. The summed E-state index contributed by atoms with van der Waals surface area (Å²) in [6.07, 6.45) is 0. The highest BCUT2D eigenvalue weighted by Crippen LogP contribution is 2.28. The van der Waals surface area contributed by atoms with Gasteiger partial charge in [0.25, 0.3) is 5.69 Å². The van der Waals surface area contributed by atoms with Crippen molar-refractivity contribution in [3.63, 3.8) is 0 Å². The molecule has 1 heterocycles. The smallest absolute Gasteiger partial charge is 0.269 e. The summed E-state index contributed by atoms with van der Waals surface area (Å²) >= 11 is 0. The fraction of sp³-hybridized carbons (Fsp3) is 0.136. The first kappa shape index (κ1) is 17.7. The van der Waals surface area contributed by atoms with Crippen LogP contribution in [-0.4, -0.2) is 9.91 Å². The first-order valence-corrected chi connectivity index (χ1v) is 8.84. The van der Waals surface area contributed by atoms with Crippen LogP contribution in [0.3, 0.4) is 0 Å². The van der Waals surface area contributed by atoms with Crippen LogP contribution in [0.5, 0.6) is 5.75 Å². The lowest BCUT2D eigenvalue weighted by molar-refractivity contribution is -0.384. The minimum Gasteiger partial charge on any atom is -0.489 e. The van der Waals surface area contributed by atoms with Gasteiger partial charge in [-0.15, -0.1) is 0 Å². The molecule has 140 valence electrons. The van der Waals surface area contributed by atoms with Crippen molar-refractivity contribution in [2.75, 3.05) is 0 Å². The van der Waals surface area contributed by atoms with Crippen LogP contribution in [0.25, 0.3) is 22.6 Å². The number of rotatable bonds is 5. The lowest BCUT2D eigenvalue weighted by Crippen LogP contribution is -1.96. The predicted octanol–water partition coefficient (Wildman–Crippen LogP) is 5.60. The summed E-state index contributed by atoms with van der Waals surface area (Å²) in [5.41, 5.74) is 5.68. The van der Waals surface area contributed by atoms with Gasteiger partial charge in [-0.25, -0.2) is 4.98 Å². The van der Waals surface area contributed by atoms with Gasteiger partial charge in [-0.2, -0.15) is 0 Å². The molecule has 28 heavy (non-hydrogen) atoms. The number of nitro groups is 1. The van der Waals surface area contributed by atoms with Crippen LogP contribution in [0.15, 0.2) is 65.1 Å². The van der Waals surface area contributed by atoms with E-state index in [1.165, 1.54) is 12.1 Å². The third kappa shape index (κ3) is 3.57. The standard InChI is InChI=1S/C22H18N2O4/c1-14-11-15(2)21-20(12-14)23-22(28-21)17-5-9-19(10-6-17)27-13-16-3-7-18(8-4-16)24(25)26/h3-12H,13H2,1-2H3. The molecule has 6 nitrogen and oxygen atoms in total. The van der Waals surface area contributed by atoms with Crippen LogP contribution in [0, 0.1) is 24.0 Å². The van der Waals surface area contributed by atoms with Crippen molar-refractivity contribution in [3.05, 3.63) is 87.5 Å². The predicted molar refractivity (Wildman–Crippen MR) is 106 cm³/mol. The quantitative estimate of drug-likeness (QED) is 0.336. The molecule has 0 N–H and O–H groups in total. The Morgan fingerprint density at radius 2 is 1.75 bits per heavy atom. The van der Waals surface area contributed by atoms with E-state index in [1.807, 2.05) is 44.2 Å². The van der Waals surface area contributed by atoms with E-state index in [-0.39, 0.29) is 5.69 Å². The molecule has 0 aliphatic carbocycles. The molecule has 0 atom stereocenters. The number of ether oxygens (including phenoxy) is 1. The Hall–Kier alpha value is -3.67. The number of hydrogen-bond donors (Lipinski definition) is 0. The van der Waals surface area contributed by atoms with Gasteiger partial charge in [-0.3, -0.25) is 10.1 Å². The number of benzene rings is 3. The molecule has 4 rings (SSSR count). The number of non-ortho nitro benzene ring substituents is 1. The Bertz CT molecular complexity index is 1150. The highest BCUT2D eigenvalue weighted by Gasteiger charge is 2.11. The molecular formula is C22H18N2O4. The minimum absolute atomic E-state index is 0.0665. The molecule has 0 aliphatic heterocycles. The molecule has 0 radical (unpaired) electrons. The lowest BCUT2D eigenvalue weighted by Gasteiger charge is -2.06. The third-order valence-electron chi connectivity index (χ3n) is 4.47. The zero-order valence-electron chi connectivity index (χ0n) is 15.5. The summed E-state index contributed by atoms with van der Waals surface area (Å²) in [5, 5.41) is 10.7. The number of nitro benzene ring substituents is 1. The average molecular weight is 374 g/mol. The molecule has 1 aromatic heterocycles. The van der Waals surface area contributed by atoms with Crippen LogP contribution >= 0.6 is 0 Å². The van der Waals surface area contributed by atoms with Crippen molar-refractivity contribution in [2.45, 2.75) is 20.5 Å². The molecule has 0 saturated heterocycles. The Kier molecular flexibility index (Phi) is 4.53. The van der Waals surface area contributed by atoms with Crippen LogP contribution in [-0.2, 0) is 6.61 Å². The number of fused-ring (bicyclic) bond motifs is 1. The summed E-state index contributed by atoms with van der Waals surface area (Å²) in [5.74, 6) is 1.27. The summed E-state index contributed by atoms with van der Waals surface area (Å²) in [6.45, 7) is 4.38. The van der Waals surface area contributed by atoms with E-state index in [2.05, 4.69) is 11.1 Å².